The molecule has 1 aliphatic heterocycles. The lowest BCUT2D eigenvalue weighted by Gasteiger charge is -2.37. The summed E-state index contributed by atoms with van der Waals surface area (Å²) in [5, 5.41) is 0. The third-order valence-electron chi connectivity index (χ3n) is 4.54. The first-order valence-corrected chi connectivity index (χ1v) is 10.4. The van der Waals surface area contributed by atoms with Crippen LogP contribution in [0.2, 0.25) is 0 Å². The summed E-state index contributed by atoms with van der Waals surface area (Å²) in [5.41, 5.74) is 1.53. The number of benzene rings is 1. The van der Waals surface area contributed by atoms with Crippen molar-refractivity contribution < 1.29 is 13.2 Å². The molecule has 2 atom stereocenters. The Hall–Kier alpha value is -1.56. The fourth-order valence-corrected chi connectivity index (χ4v) is 4.61. The van der Waals surface area contributed by atoms with Crippen molar-refractivity contribution in [3.63, 3.8) is 0 Å². The average Bonchev–Trinajstić information content (AvgIpc) is 2.50. The third-order valence-corrected chi connectivity index (χ3v) is 5.72. The lowest BCUT2D eigenvalue weighted by atomic mass is 9.99. The van der Waals surface area contributed by atoms with E-state index in [4.69, 9.17) is 0 Å². The lowest BCUT2D eigenvalue weighted by Crippen LogP contribution is -2.52. The van der Waals surface area contributed by atoms with Gasteiger partial charge in [-0.3, -0.25) is 9.10 Å². The maximum Gasteiger partial charge on any atom is 0.246 e. The Balaban J connectivity index is 2.37. The van der Waals surface area contributed by atoms with Crippen LogP contribution in [0.4, 0.5) is 5.69 Å². The topological polar surface area (TPSA) is 57.7 Å². The molecule has 24 heavy (non-hydrogen) atoms. The van der Waals surface area contributed by atoms with Crippen molar-refractivity contribution in [3.8, 4) is 0 Å². The third kappa shape index (κ3) is 4.29. The Morgan fingerprint density at radius 3 is 2.67 bits per heavy atom. The number of likely N-dealkylation sites (tertiary alicyclic amines) is 1. The van der Waals surface area contributed by atoms with Gasteiger partial charge >= 0.3 is 0 Å². The number of sulfonamides is 1. The summed E-state index contributed by atoms with van der Waals surface area (Å²) in [6.45, 7) is 7.34. The van der Waals surface area contributed by atoms with Crippen molar-refractivity contribution in [2.75, 3.05) is 23.7 Å². The quantitative estimate of drug-likeness (QED) is 0.819. The van der Waals surface area contributed by atoms with Crippen LogP contribution in [0, 0.1) is 12.8 Å². The highest BCUT2D eigenvalue weighted by Gasteiger charge is 2.35. The second-order valence-electron chi connectivity index (χ2n) is 6.85. The average molecular weight is 353 g/mol. The molecule has 2 rings (SSSR count). The highest BCUT2D eigenvalue weighted by atomic mass is 32.2. The monoisotopic (exact) mass is 352 g/mol. The minimum Gasteiger partial charge on any atom is -0.341 e. The van der Waals surface area contributed by atoms with Crippen LogP contribution in [-0.2, 0) is 14.8 Å². The van der Waals surface area contributed by atoms with Crippen LogP contribution < -0.4 is 4.31 Å². The van der Waals surface area contributed by atoms with Crippen LogP contribution in [0.5, 0.6) is 0 Å². The number of piperidine rings is 1. The molecule has 0 radical (unpaired) electrons. The number of carbonyl (C=O) groups is 1. The summed E-state index contributed by atoms with van der Waals surface area (Å²) >= 11 is 0. The molecule has 1 heterocycles. The molecule has 0 N–H and O–H groups in total. The summed E-state index contributed by atoms with van der Waals surface area (Å²) in [7, 11) is -3.56. The van der Waals surface area contributed by atoms with Gasteiger partial charge in [-0.1, -0.05) is 26.0 Å². The molecule has 0 spiro atoms. The normalized spacial score (nSPS) is 19.8. The van der Waals surface area contributed by atoms with Gasteiger partial charge in [0, 0.05) is 13.1 Å². The lowest BCUT2D eigenvalue weighted by molar-refractivity contribution is -0.134. The number of hydrogen-bond acceptors (Lipinski definition) is 3. The smallest absolute Gasteiger partial charge is 0.246 e. The standard InChI is InChI=1S/C18H28N2O3S/c1-5-17(18(21)19-11-7-9-15(3)13-19)20(24(4,22)23)16-10-6-8-14(2)12-16/h6,8,10,12,15,17H,5,7,9,11,13H2,1-4H3/t15-,17-/m1/s1. The van der Waals surface area contributed by atoms with Gasteiger partial charge in [0.05, 0.1) is 11.9 Å². The molecule has 1 aromatic rings. The number of carbonyl (C=O) groups excluding carboxylic acids is 1. The molecule has 1 saturated heterocycles. The number of aryl methyl sites for hydroxylation is 1. The molecule has 0 bridgehead atoms. The van der Waals surface area contributed by atoms with Gasteiger partial charge in [-0.05, 0) is 49.8 Å². The van der Waals surface area contributed by atoms with E-state index >= 15 is 0 Å². The molecule has 0 saturated carbocycles. The zero-order valence-corrected chi connectivity index (χ0v) is 15.8. The van der Waals surface area contributed by atoms with Crippen LogP contribution >= 0.6 is 0 Å². The molecule has 1 aromatic carbocycles. The second kappa shape index (κ2) is 7.55. The fourth-order valence-electron chi connectivity index (χ4n) is 3.41. The van der Waals surface area contributed by atoms with Crippen LogP contribution in [-0.4, -0.2) is 44.6 Å². The van der Waals surface area contributed by atoms with E-state index in [2.05, 4.69) is 6.92 Å². The van der Waals surface area contributed by atoms with Crippen LogP contribution in [0.15, 0.2) is 24.3 Å². The molecular weight excluding hydrogens is 324 g/mol. The predicted octanol–water partition coefficient (Wildman–Crippen LogP) is 2.80. The van der Waals surface area contributed by atoms with E-state index < -0.39 is 16.1 Å². The highest BCUT2D eigenvalue weighted by molar-refractivity contribution is 7.92. The van der Waals surface area contributed by atoms with Gasteiger partial charge < -0.3 is 4.90 Å². The van der Waals surface area contributed by atoms with E-state index in [1.807, 2.05) is 36.9 Å². The van der Waals surface area contributed by atoms with Gasteiger partial charge in [0.1, 0.15) is 6.04 Å². The number of rotatable bonds is 5. The maximum atomic E-state index is 13.0. The summed E-state index contributed by atoms with van der Waals surface area (Å²) in [6.07, 6.45) is 3.72. The van der Waals surface area contributed by atoms with Crippen LogP contribution in [0.3, 0.4) is 0 Å². The van der Waals surface area contributed by atoms with Gasteiger partial charge in [-0.25, -0.2) is 8.42 Å². The Labute approximate surface area is 145 Å². The largest absolute Gasteiger partial charge is 0.341 e. The van der Waals surface area contributed by atoms with Crippen molar-refractivity contribution in [1.29, 1.82) is 0 Å². The Morgan fingerprint density at radius 1 is 1.42 bits per heavy atom. The van der Waals surface area contributed by atoms with Gasteiger partial charge in [0.15, 0.2) is 0 Å². The fraction of sp³-hybridized carbons (Fsp3) is 0.611. The zero-order chi connectivity index (χ0) is 17.9. The number of hydrogen-bond donors (Lipinski definition) is 0. The molecule has 0 aliphatic carbocycles. The molecule has 1 fully saturated rings. The Bertz CT molecular complexity index is 687. The van der Waals surface area contributed by atoms with Gasteiger partial charge in [-0.15, -0.1) is 0 Å². The van der Waals surface area contributed by atoms with E-state index in [-0.39, 0.29) is 5.91 Å². The van der Waals surface area contributed by atoms with Crippen molar-refractivity contribution >= 4 is 21.6 Å². The first-order chi connectivity index (χ1) is 11.2. The summed E-state index contributed by atoms with van der Waals surface area (Å²) in [5.74, 6) is 0.377. The first kappa shape index (κ1) is 18.8. The van der Waals surface area contributed by atoms with E-state index in [1.54, 1.807) is 6.07 Å². The predicted molar refractivity (Wildman–Crippen MR) is 97.6 cm³/mol. The van der Waals surface area contributed by atoms with E-state index in [0.29, 0.717) is 31.1 Å². The molecule has 5 nitrogen and oxygen atoms in total. The molecule has 0 unspecified atom stereocenters. The van der Waals surface area contributed by atoms with Crippen molar-refractivity contribution in [2.45, 2.75) is 46.1 Å². The summed E-state index contributed by atoms with van der Waals surface area (Å²) in [4.78, 5) is 14.9. The molecule has 6 heteroatoms. The van der Waals surface area contributed by atoms with E-state index in [9.17, 15) is 13.2 Å². The summed E-state index contributed by atoms with van der Waals surface area (Å²) in [6, 6.07) is 6.62. The second-order valence-corrected chi connectivity index (χ2v) is 8.71. The minimum absolute atomic E-state index is 0.0871. The van der Waals surface area contributed by atoms with Crippen LogP contribution in [0.1, 0.15) is 38.7 Å². The molecule has 0 aromatic heterocycles. The molecular formula is C18H28N2O3S. The van der Waals surface area contributed by atoms with Crippen molar-refractivity contribution in [1.82, 2.24) is 4.90 Å². The SMILES string of the molecule is CC[C@H](C(=O)N1CCC[C@@H](C)C1)N(c1cccc(C)c1)S(C)(=O)=O. The van der Waals surface area contributed by atoms with Crippen molar-refractivity contribution in [3.05, 3.63) is 29.8 Å². The highest BCUT2D eigenvalue weighted by Crippen LogP contribution is 2.26. The maximum absolute atomic E-state index is 13.0. The Morgan fingerprint density at radius 2 is 2.12 bits per heavy atom. The van der Waals surface area contributed by atoms with Gasteiger partial charge in [0.25, 0.3) is 0 Å². The Kier molecular flexibility index (Phi) is 5.91. The molecule has 1 amide bonds. The van der Waals surface area contributed by atoms with Gasteiger partial charge in [-0.2, -0.15) is 0 Å². The number of nitrogens with zero attached hydrogens (tertiary/aromatic N) is 2. The number of anilines is 1. The van der Waals surface area contributed by atoms with E-state index in [0.717, 1.165) is 18.4 Å². The van der Waals surface area contributed by atoms with Crippen molar-refractivity contribution in [2.24, 2.45) is 5.92 Å². The van der Waals surface area contributed by atoms with Crippen LogP contribution in [0.25, 0.3) is 0 Å². The minimum atomic E-state index is -3.56. The van der Waals surface area contributed by atoms with Gasteiger partial charge in [0.2, 0.25) is 15.9 Å². The molecule has 1 aliphatic rings. The molecule has 134 valence electrons. The zero-order valence-electron chi connectivity index (χ0n) is 15.0. The summed E-state index contributed by atoms with van der Waals surface area (Å²) < 4.78 is 26.2. The van der Waals surface area contributed by atoms with E-state index in [1.165, 1.54) is 10.6 Å². The first-order valence-electron chi connectivity index (χ1n) is 8.59. The number of amides is 1.